The Bertz CT molecular complexity index is 1970. The number of hydrogen-bond acceptors (Lipinski definition) is 6. The Balaban J connectivity index is 1.12. The van der Waals surface area contributed by atoms with Crippen molar-refractivity contribution in [2.75, 3.05) is 33.3 Å². The molecule has 1 atom stereocenters. The predicted molar refractivity (Wildman–Crippen MR) is 176 cm³/mol. The topological polar surface area (TPSA) is 118 Å². The van der Waals surface area contributed by atoms with E-state index in [0.29, 0.717) is 43.4 Å². The second kappa shape index (κ2) is 11.5. The van der Waals surface area contributed by atoms with Gasteiger partial charge in [-0.2, -0.15) is 18.3 Å². The Morgan fingerprint density at radius 1 is 1.08 bits per heavy atom. The van der Waals surface area contributed by atoms with E-state index in [4.69, 9.17) is 15.6 Å². The Kier molecular flexibility index (Phi) is 7.52. The molecule has 49 heavy (non-hydrogen) atoms. The number of nitrogens with zero attached hydrogens (tertiary/aromatic N) is 5. The van der Waals surface area contributed by atoms with Crippen molar-refractivity contribution in [3.05, 3.63) is 53.2 Å². The first-order valence-corrected chi connectivity index (χ1v) is 17.2. The number of benzene rings is 1. The number of aromatic nitrogens is 3. The summed E-state index contributed by atoms with van der Waals surface area (Å²) in [6, 6.07) is 10.1. The number of halogens is 3. The van der Waals surface area contributed by atoms with Gasteiger partial charge in [-0.05, 0) is 69.1 Å². The lowest BCUT2D eigenvalue weighted by Gasteiger charge is -2.48. The van der Waals surface area contributed by atoms with Crippen LogP contribution >= 0.6 is 0 Å². The fourth-order valence-corrected chi connectivity index (χ4v) is 8.08. The standard InChI is InChI=1S/C36H41F3N6O4/c1-20-30(41-45-18-23(12-29(49-2)31(20)45)33(46)42-10-4-6-26(40)19-42)28-11-22-5-3-7-27(32(22)44(28)15-21-8-9-21)25-16-43(17-25)34(47)24-13-35(48,14-24)36(37,38)39/h3,5,7,11-12,18,21,24-26,48H,4,6,8-10,13-17,19,40H2,1-2H3/t24?,26-,35?/m1/s1. The van der Waals surface area contributed by atoms with Crippen molar-refractivity contribution in [1.29, 1.82) is 0 Å². The van der Waals surface area contributed by atoms with E-state index in [-0.39, 0.29) is 23.8 Å². The van der Waals surface area contributed by atoms with E-state index < -0.39 is 30.5 Å². The van der Waals surface area contributed by atoms with Gasteiger partial charge in [-0.3, -0.25) is 9.59 Å². The van der Waals surface area contributed by atoms with Gasteiger partial charge >= 0.3 is 6.18 Å². The summed E-state index contributed by atoms with van der Waals surface area (Å²) in [5.74, 6) is -0.0839. The lowest BCUT2D eigenvalue weighted by molar-refractivity contribution is -0.297. The molecule has 2 aliphatic carbocycles. The van der Waals surface area contributed by atoms with E-state index in [1.807, 2.05) is 13.0 Å². The third-order valence-electron chi connectivity index (χ3n) is 11.2. The number of hydrogen-bond donors (Lipinski definition) is 2. The van der Waals surface area contributed by atoms with E-state index in [9.17, 15) is 27.9 Å². The molecule has 5 heterocycles. The van der Waals surface area contributed by atoms with Gasteiger partial charge in [-0.15, -0.1) is 0 Å². The van der Waals surface area contributed by atoms with Crippen molar-refractivity contribution in [2.24, 2.45) is 17.6 Å². The van der Waals surface area contributed by atoms with Crippen molar-refractivity contribution in [3.63, 3.8) is 0 Å². The van der Waals surface area contributed by atoms with Crippen LogP contribution < -0.4 is 10.5 Å². The van der Waals surface area contributed by atoms with Crippen molar-refractivity contribution in [3.8, 4) is 17.1 Å². The molecule has 0 spiro atoms. The van der Waals surface area contributed by atoms with Crippen LogP contribution in [-0.2, 0) is 11.3 Å². The number of rotatable bonds is 7. The first-order valence-electron chi connectivity index (χ1n) is 17.2. The molecule has 3 N–H and O–H groups in total. The third kappa shape index (κ3) is 5.36. The van der Waals surface area contributed by atoms with Gasteiger partial charge in [-0.1, -0.05) is 18.2 Å². The molecule has 2 amide bonds. The number of methoxy groups -OCH3 is 1. The Hall–Kier alpha value is -4.10. The van der Waals surface area contributed by atoms with Crippen LogP contribution in [0.1, 0.15) is 65.9 Å². The SMILES string of the molecule is COc1cc(C(=O)N2CCC[C@@H](N)C2)cn2nc(-c3cc4cccc(C5CN(C(=O)C6CC(O)(C(F)(F)F)C6)C5)c4n3CC3CC3)c(C)c12. The Morgan fingerprint density at radius 2 is 1.84 bits per heavy atom. The minimum atomic E-state index is -4.73. The maximum Gasteiger partial charge on any atom is 0.417 e. The molecule has 0 radical (unpaired) electrons. The molecular formula is C36H41F3N6O4. The van der Waals surface area contributed by atoms with Gasteiger partial charge in [-0.25, -0.2) is 4.52 Å². The molecular weight excluding hydrogens is 637 g/mol. The molecule has 2 saturated heterocycles. The van der Waals surface area contributed by atoms with Gasteiger partial charge in [0.1, 0.15) is 17.0 Å². The van der Waals surface area contributed by atoms with Crippen molar-refractivity contribution in [1.82, 2.24) is 24.0 Å². The quantitative estimate of drug-likeness (QED) is 0.288. The number of likely N-dealkylation sites (tertiary alicyclic amines) is 2. The zero-order valence-corrected chi connectivity index (χ0v) is 27.7. The summed E-state index contributed by atoms with van der Waals surface area (Å²) in [7, 11) is 1.59. The number of carbonyl (C=O) groups excluding carboxylic acids is 2. The lowest BCUT2D eigenvalue weighted by Crippen LogP contribution is -2.61. The second-order valence-corrected chi connectivity index (χ2v) is 14.7. The summed E-state index contributed by atoms with van der Waals surface area (Å²) in [5.41, 5.74) is 9.53. The molecule has 3 aromatic heterocycles. The average molecular weight is 679 g/mol. The van der Waals surface area contributed by atoms with E-state index >= 15 is 0 Å². The van der Waals surface area contributed by atoms with Gasteiger partial charge < -0.3 is 29.9 Å². The van der Waals surface area contributed by atoms with Crippen molar-refractivity contribution < 1.29 is 32.6 Å². The largest absolute Gasteiger partial charge is 0.494 e. The van der Waals surface area contributed by atoms with E-state index in [2.05, 4.69) is 22.8 Å². The number of aryl methyl sites for hydroxylation is 1. The molecule has 8 rings (SSSR count). The maximum absolute atomic E-state index is 13.5. The highest BCUT2D eigenvalue weighted by Crippen LogP contribution is 2.50. The van der Waals surface area contributed by atoms with Crippen molar-refractivity contribution >= 4 is 28.2 Å². The zero-order chi connectivity index (χ0) is 34.4. The van der Waals surface area contributed by atoms with Crippen LogP contribution in [0.3, 0.4) is 0 Å². The first kappa shape index (κ1) is 32.1. The Morgan fingerprint density at radius 3 is 2.51 bits per heavy atom. The summed E-state index contributed by atoms with van der Waals surface area (Å²) in [6.45, 7) is 4.85. The molecule has 4 aromatic rings. The number of carbonyl (C=O) groups is 2. The molecule has 4 fully saturated rings. The van der Waals surface area contributed by atoms with Crippen LogP contribution in [0.15, 0.2) is 36.5 Å². The summed E-state index contributed by atoms with van der Waals surface area (Å²) < 4.78 is 49.4. The number of nitrogens with two attached hydrogens (primary N) is 1. The van der Waals surface area contributed by atoms with Gasteiger partial charge in [0.2, 0.25) is 5.91 Å². The molecule has 260 valence electrons. The van der Waals surface area contributed by atoms with E-state index in [0.717, 1.165) is 71.2 Å². The number of alkyl halides is 3. The number of amides is 2. The number of para-hydroxylation sites is 1. The number of pyridine rings is 1. The normalized spacial score (nSPS) is 24.7. The van der Waals surface area contributed by atoms with Crippen LogP contribution in [0.25, 0.3) is 27.8 Å². The molecule has 1 aromatic carbocycles. The maximum atomic E-state index is 13.5. The molecule has 2 aliphatic heterocycles. The molecule has 13 heteroatoms. The van der Waals surface area contributed by atoms with Crippen molar-refractivity contribution in [2.45, 2.75) is 75.7 Å². The monoisotopic (exact) mass is 678 g/mol. The van der Waals surface area contributed by atoms with Gasteiger partial charge in [0.05, 0.1) is 23.9 Å². The highest BCUT2D eigenvalue weighted by molar-refractivity contribution is 5.96. The fourth-order valence-electron chi connectivity index (χ4n) is 8.08. The summed E-state index contributed by atoms with van der Waals surface area (Å²) in [6.07, 6.45) is -0.0626. The second-order valence-electron chi connectivity index (χ2n) is 14.7. The highest BCUT2D eigenvalue weighted by atomic mass is 19.4. The molecule has 4 aliphatic rings. The van der Waals surface area contributed by atoms with Crippen LogP contribution in [0.2, 0.25) is 0 Å². The fraction of sp³-hybridized carbons (Fsp3) is 0.528. The first-order chi connectivity index (χ1) is 23.3. The highest BCUT2D eigenvalue weighted by Gasteiger charge is 2.63. The molecule has 0 unspecified atom stereocenters. The predicted octanol–water partition coefficient (Wildman–Crippen LogP) is 4.88. The Labute approximate surface area is 281 Å². The van der Waals surface area contributed by atoms with Gasteiger partial charge in [0.25, 0.3) is 5.91 Å². The molecule has 0 bridgehead atoms. The summed E-state index contributed by atoms with van der Waals surface area (Å²) >= 11 is 0. The van der Waals surface area contributed by atoms with Crippen LogP contribution in [0, 0.1) is 18.8 Å². The summed E-state index contributed by atoms with van der Waals surface area (Å²) in [4.78, 5) is 30.0. The molecule has 2 saturated carbocycles. The van der Waals surface area contributed by atoms with Gasteiger partial charge in [0, 0.05) is 67.7 Å². The van der Waals surface area contributed by atoms with Crippen LogP contribution in [-0.4, -0.2) is 92.0 Å². The van der Waals surface area contributed by atoms with E-state index in [1.165, 1.54) is 0 Å². The molecule has 10 nitrogen and oxygen atoms in total. The number of ether oxygens (including phenoxy) is 1. The zero-order valence-electron chi connectivity index (χ0n) is 27.7. The minimum absolute atomic E-state index is 0.0358. The number of piperidine rings is 1. The summed E-state index contributed by atoms with van der Waals surface area (Å²) in [5, 5.41) is 16.0. The average Bonchev–Trinajstić information content (AvgIpc) is 3.69. The van der Waals surface area contributed by atoms with E-state index in [1.54, 1.807) is 33.7 Å². The third-order valence-corrected chi connectivity index (χ3v) is 11.2. The van der Waals surface area contributed by atoms with Crippen LogP contribution in [0.5, 0.6) is 5.75 Å². The lowest BCUT2D eigenvalue weighted by atomic mass is 9.69. The number of fused-ring (bicyclic) bond motifs is 2. The smallest absolute Gasteiger partial charge is 0.417 e. The minimum Gasteiger partial charge on any atom is -0.494 e. The van der Waals surface area contributed by atoms with Gasteiger partial charge in [0.15, 0.2) is 5.60 Å². The van der Waals surface area contributed by atoms with Crippen LogP contribution in [0.4, 0.5) is 13.2 Å². The number of aliphatic hydroxyl groups is 1.